The van der Waals surface area contributed by atoms with Crippen LogP contribution in [-0.2, 0) is 46.3 Å². The standard InChI is InChI=1S/C4H11NO3P.Y/c1-4(5)9(6,7-2)8-3;/h4-5H,1-3H3;/q-1;+3. The van der Waals surface area contributed by atoms with Crippen LogP contribution in [0, 0.1) is 0 Å². The van der Waals surface area contributed by atoms with E-state index in [1.165, 1.54) is 21.1 Å². The smallest absolute Gasteiger partial charge is 0.665 e. The van der Waals surface area contributed by atoms with Crippen LogP contribution in [-0.4, -0.2) is 20.0 Å². The van der Waals surface area contributed by atoms with Crippen LogP contribution in [0.5, 0.6) is 0 Å². The Morgan fingerprint density at radius 2 is 1.70 bits per heavy atom. The van der Waals surface area contributed by atoms with Crippen LogP contribution < -0.4 is 0 Å². The first-order valence-electron chi connectivity index (χ1n) is 2.49. The molecule has 0 spiro atoms. The maximum atomic E-state index is 11.0. The summed E-state index contributed by atoms with van der Waals surface area (Å²) in [6.45, 7) is 1.47. The normalized spacial score (nSPS) is 14.0. The minimum Gasteiger partial charge on any atom is -0.665 e. The number of hydrogen-bond donors (Lipinski definition) is 0. The second-order valence-electron chi connectivity index (χ2n) is 1.58. The zero-order chi connectivity index (χ0) is 7.49. The molecule has 0 aromatic heterocycles. The molecule has 0 rings (SSSR count). The van der Waals surface area contributed by atoms with E-state index >= 15 is 0 Å². The Morgan fingerprint density at radius 3 is 1.70 bits per heavy atom. The fourth-order valence-electron chi connectivity index (χ4n) is 0.391. The molecule has 0 aromatic carbocycles. The zero-order valence-corrected chi connectivity index (χ0v) is 10.1. The number of rotatable bonds is 3. The summed E-state index contributed by atoms with van der Waals surface area (Å²) in [6.07, 6.45) is 0. The molecule has 0 heterocycles. The maximum Gasteiger partial charge on any atom is 3.00 e. The predicted octanol–water partition coefficient (Wildman–Crippen LogP) is 1.87. The summed E-state index contributed by atoms with van der Waals surface area (Å²) in [5, 5.41) is 0. The van der Waals surface area contributed by atoms with Crippen molar-refractivity contribution < 1.29 is 46.3 Å². The Bertz CT molecular complexity index is 122. The van der Waals surface area contributed by atoms with Crippen molar-refractivity contribution in [1.29, 1.82) is 0 Å². The van der Waals surface area contributed by atoms with Crippen molar-refractivity contribution in [1.82, 2.24) is 0 Å². The monoisotopic (exact) mass is 241 g/mol. The molecule has 0 aliphatic carbocycles. The molecular formula is C4H11NO3PY+2. The summed E-state index contributed by atoms with van der Waals surface area (Å²) in [7, 11) is -0.540. The van der Waals surface area contributed by atoms with E-state index in [4.69, 9.17) is 5.73 Å². The van der Waals surface area contributed by atoms with Crippen LogP contribution in [0.3, 0.4) is 0 Å². The molecule has 0 aliphatic rings. The van der Waals surface area contributed by atoms with Crippen molar-refractivity contribution in [2.24, 2.45) is 0 Å². The van der Waals surface area contributed by atoms with E-state index in [0.29, 0.717) is 0 Å². The third-order valence-corrected chi connectivity index (χ3v) is 2.95. The summed E-state index contributed by atoms with van der Waals surface area (Å²) in [4.78, 5) is 0. The summed E-state index contributed by atoms with van der Waals surface area (Å²) < 4.78 is 20.0. The molecule has 6 heteroatoms. The summed E-state index contributed by atoms with van der Waals surface area (Å²) in [6, 6.07) is 0. The van der Waals surface area contributed by atoms with E-state index in [-0.39, 0.29) is 32.7 Å². The van der Waals surface area contributed by atoms with Gasteiger partial charge in [-0.15, -0.1) is 0 Å². The van der Waals surface area contributed by atoms with E-state index in [0.717, 1.165) is 0 Å². The first-order chi connectivity index (χ1) is 4.06. The molecule has 1 N–H and O–H groups in total. The van der Waals surface area contributed by atoms with Gasteiger partial charge in [-0.05, 0) is 5.78 Å². The van der Waals surface area contributed by atoms with Crippen molar-refractivity contribution in [2.45, 2.75) is 12.7 Å². The molecule has 0 aromatic rings. The van der Waals surface area contributed by atoms with Gasteiger partial charge in [-0.2, -0.15) is 0 Å². The first kappa shape index (κ1) is 13.8. The largest absolute Gasteiger partial charge is 3.00 e. The minimum absolute atomic E-state index is 0. The van der Waals surface area contributed by atoms with Crippen LogP contribution in [0.1, 0.15) is 6.92 Å². The average Bonchev–Trinajstić information content (AvgIpc) is 1.86. The Labute approximate surface area is 86.2 Å². The second-order valence-corrected chi connectivity index (χ2v) is 4.17. The topological polar surface area (TPSA) is 59.3 Å². The van der Waals surface area contributed by atoms with Gasteiger partial charge >= 0.3 is 40.3 Å². The van der Waals surface area contributed by atoms with Crippen molar-refractivity contribution in [3.8, 4) is 0 Å². The number of nitrogens with one attached hydrogen (secondary N) is 1. The van der Waals surface area contributed by atoms with Crippen molar-refractivity contribution in [3.05, 3.63) is 5.73 Å². The second kappa shape index (κ2) is 5.81. The van der Waals surface area contributed by atoms with Gasteiger partial charge in [0.2, 0.25) is 0 Å². The van der Waals surface area contributed by atoms with Gasteiger partial charge in [0.1, 0.15) is 0 Å². The van der Waals surface area contributed by atoms with Gasteiger partial charge in [0, 0.05) is 14.2 Å². The molecule has 56 valence electrons. The molecule has 0 saturated heterocycles. The van der Waals surface area contributed by atoms with Gasteiger partial charge in [-0.1, -0.05) is 6.92 Å². The maximum absolute atomic E-state index is 11.0. The molecule has 1 unspecified atom stereocenters. The quantitative estimate of drug-likeness (QED) is 0.708. The van der Waals surface area contributed by atoms with Crippen LogP contribution in [0.2, 0.25) is 0 Å². The molecule has 0 bridgehead atoms. The Kier molecular flexibility index (Phi) is 8.01. The third kappa shape index (κ3) is 3.56. The molecule has 0 aliphatic heterocycles. The molecule has 0 amide bonds. The molecule has 1 atom stereocenters. The van der Waals surface area contributed by atoms with Crippen LogP contribution >= 0.6 is 7.60 Å². The Morgan fingerprint density at radius 1 is 1.40 bits per heavy atom. The van der Waals surface area contributed by atoms with E-state index in [2.05, 4.69) is 9.05 Å². The predicted molar refractivity (Wildman–Crippen MR) is 35.4 cm³/mol. The fourth-order valence-corrected chi connectivity index (χ4v) is 1.17. The van der Waals surface area contributed by atoms with Gasteiger partial charge in [-0.3, -0.25) is 4.57 Å². The van der Waals surface area contributed by atoms with Crippen molar-refractivity contribution >= 4 is 7.60 Å². The Balaban J connectivity index is 0. The van der Waals surface area contributed by atoms with Gasteiger partial charge in [0.15, 0.2) is 0 Å². The minimum atomic E-state index is -3.09. The molecule has 4 nitrogen and oxygen atoms in total. The van der Waals surface area contributed by atoms with E-state index in [1.807, 2.05) is 0 Å². The summed E-state index contributed by atoms with van der Waals surface area (Å²) in [5.41, 5.74) is 7.02. The number of hydrogen-bond acceptors (Lipinski definition) is 3. The third-order valence-electron chi connectivity index (χ3n) is 0.983. The molecule has 0 saturated carbocycles. The fraction of sp³-hybridized carbons (Fsp3) is 1.00. The molecule has 10 heavy (non-hydrogen) atoms. The summed E-state index contributed by atoms with van der Waals surface area (Å²) in [5.74, 6) is -0.813. The van der Waals surface area contributed by atoms with Crippen molar-refractivity contribution in [2.75, 3.05) is 14.2 Å². The van der Waals surface area contributed by atoms with Gasteiger partial charge < -0.3 is 14.8 Å². The zero-order valence-electron chi connectivity index (χ0n) is 6.33. The SMILES string of the molecule is COP(=O)(OC)C(C)[NH-].[Y+3]. The van der Waals surface area contributed by atoms with Crippen LogP contribution in [0.15, 0.2) is 0 Å². The van der Waals surface area contributed by atoms with Crippen LogP contribution in [0.25, 0.3) is 5.73 Å². The van der Waals surface area contributed by atoms with Gasteiger partial charge in [-0.25, -0.2) is 0 Å². The van der Waals surface area contributed by atoms with Crippen molar-refractivity contribution in [3.63, 3.8) is 0 Å². The van der Waals surface area contributed by atoms with Crippen LogP contribution in [0.4, 0.5) is 0 Å². The molecular weight excluding hydrogens is 230 g/mol. The first-order valence-corrected chi connectivity index (χ1v) is 4.10. The van der Waals surface area contributed by atoms with Gasteiger partial charge in [0.05, 0.1) is 0 Å². The van der Waals surface area contributed by atoms with E-state index in [9.17, 15) is 4.57 Å². The Hall–Kier alpha value is 1.21. The van der Waals surface area contributed by atoms with Gasteiger partial charge in [0.25, 0.3) is 0 Å². The van der Waals surface area contributed by atoms with E-state index in [1.54, 1.807) is 0 Å². The molecule has 0 fully saturated rings. The average molecular weight is 241 g/mol. The molecule has 0 radical (unpaired) electrons. The summed E-state index contributed by atoms with van der Waals surface area (Å²) >= 11 is 0. The van der Waals surface area contributed by atoms with E-state index < -0.39 is 13.4 Å².